The SMILES string of the molecule is CC(N)C(c1ccccc1F)N1CCOC(CO)C1. The van der Waals surface area contributed by atoms with Gasteiger partial charge in [-0.25, -0.2) is 4.39 Å². The molecule has 0 spiro atoms. The lowest BCUT2D eigenvalue weighted by atomic mass is 9.97. The van der Waals surface area contributed by atoms with Crippen molar-refractivity contribution in [3.8, 4) is 0 Å². The Labute approximate surface area is 113 Å². The summed E-state index contributed by atoms with van der Waals surface area (Å²) < 4.78 is 19.4. The van der Waals surface area contributed by atoms with E-state index in [0.29, 0.717) is 25.3 Å². The van der Waals surface area contributed by atoms with Crippen LogP contribution in [0.4, 0.5) is 4.39 Å². The van der Waals surface area contributed by atoms with Gasteiger partial charge in [-0.1, -0.05) is 18.2 Å². The second-order valence-corrected chi connectivity index (χ2v) is 5.00. The Morgan fingerprint density at radius 3 is 2.89 bits per heavy atom. The summed E-state index contributed by atoms with van der Waals surface area (Å²) >= 11 is 0. The maximum atomic E-state index is 14.0. The Balaban J connectivity index is 2.23. The van der Waals surface area contributed by atoms with E-state index in [2.05, 4.69) is 4.90 Å². The molecule has 1 aliphatic rings. The van der Waals surface area contributed by atoms with Gasteiger partial charge in [0.1, 0.15) is 5.82 Å². The molecular weight excluding hydrogens is 247 g/mol. The van der Waals surface area contributed by atoms with Gasteiger partial charge >= 0.3 is 0 Å². The second kappa shape index (κ2) is 6.43. The number of rotatable bonds is 4. The van der Waals surface area contributed by atoms with Crippen LogP contribution in [-0.4, -0.2) is 48.5 Å². The number of nitrogens with two attached hydrogens (primary N) is 1. The summed E-state index contributed by atoms with van der Waals surface area (Å²) in [4.78, 5) is 2.09. The van der Waals surface area contributed by atoms with E-state index >= 15 is 0 Å². The first kappa shape index (κ1) is 14.4. The van der Waals surface area contributed by atoms with Gasteiger partial charge in [-0.3, -0.25) is 4.90 Å². The van der Waals surface area contributed by atoms with E-state index in [9.17, 15) is 9.50 Å². The summed E-state index contributed by atoms with van der Waals surface area (Å²) in [5, 5.41) is 9.20. The highest BCUT2D eigenvalue weighted by molar-refractivity contribution is 5.23. The molecule has 1 aliphatic heterocycles. The van der Waals surface area contributed by atoms with Crippen molar-refractivity contribution in [1.29, 1.82) is 0 Å². The standard InChI is InChI=1S/C14H21FN2O2/c1-10(16)14(12-4-2-3-5-13(12)15)17-6-7-19-11(8-17)9-18/h2-5,10-11,14,18H,6-9,16H2,1H3. The van der Waals surface area contributed by atoms with Gasteiger partial charge in [0, 0.05) is 24.7 Å². The molecule has 0 saturated carbocycles. The van der Waals surface area contributed by atoms with Gasteiger partial charge in [-0.05, 0) is 13.0 Å². The predicted octanol–water partition coefficient (Wildman–Crippen LogP) is 0.907. The highest BCUT2D eigenvalue weighted by Gasteiger charge is 2.30. The smallest absolute Gasteiger partial charge is 0.128 e. The van der Waals surface area contributed by atoms with E-state index in [1.165, 1.54) is 6.07 Å². The van der Waals surface area contributed by atoms with Crippen LogP contribution in [0.2, 0.25) is 0 Å². The van der Waals surface area contributed by atoms with Crippen LogP contribution < -0.4 is 5.73 Å². The summed E-state index contributed by atoms with van der Waals surface area (Å²) in [5.74, 6) is -0.239. The molecule has 0 aromatic heterocycles. The molecule has 1 aromatic carbocycles. The van der Waals surface area contributed by atoms with Gasteiger partial charge in [0.15, 0.2) is 0 Å². The van der Waals surface area contributed by atoms with Gasteiger partial charge in [-0.15, -0.1) is 0 Å². The number of nitrogens with zero attached hydrogens (tertiary/aromatic N) is 1. The molecule has 19 heavy (non-hydrogen) atoms. The van der Waals surface area contributed by atoms with E-state index in [1.807, 2.05) is 13.0 Å². The van der Waals surface area contributed by atoms with Crippen LogP contribution in [-0.2, 0) is 4.74 Å². The van der Waals surface area contributed by atoms with Crippen molar-refractivity contribution in [2.75, 3.05) is 26.3 Å². The normalized spacial score (nSPS) is 24.1. The maximum absolute atomic E-state index is 14.0. The summed E-state index contributed by atoms with van der Waals surface area (Å²) in [6, 6.07) is 6.32. The van der Waals surface area contributed by atoms with Crippen molar-refractivity contribution in [2.24, 2.45) is 5.73 Å². The zero-order chi connectivity index (χ0) is 13.8. The van der Waals surface area contributed by atoms with Crippen molar-refractivity contribution in [2.45, 2.75) is 25.1 Å². The fraction of sp³-hybridized carbons (Fsp3) is 0.571. The van der Waals surface area contributed by atoms with Crippen LogP contribution in [0.1, 0.15) is 18.5 Å². The van der Waals surface area contributed by atoms with Crippen LogP contribution in [0, 0.1) is 5.82 Å². The zero-order valence-electron chi connectivity index (χ0n) is 11.1. The fourth-order valence-electron chi connectivity index (χ4n) is 2.63. The molecule has 3 unspecified atom stereocenters. The number of aliphatic hydroxyl groups excluding tert-OH is 1. The average Bonchev–Trinajstić information content (AvgIpc) is 2.41. The molecule has 1 fully saturated rings. The van der Waals surface area contributed by atoms with Crippen LogP contribution in [0.25, 0.3) is 0 Å². The minimum absolute atomic E-state index is 0.0283. The lowest BCUT2D eigenvalue weighted by molar-refractivity contribution is -0.0678. The molecule has 3 N–H and O–H groups in total. The van der Waals surface area contributed by atoms with E-state index in [0.717, 1.165) is 0 Å². The number of morpholine rings is 1. The number of hydrogen-bond donors (Lipinski definition) is 2. The first-order valence-electron chi connectivity index (χ1n) is 6.60. The minimum atomic E-state index is -0.239. The number of hydrogen-bond acceptors (Lipinski definition) is 4. The van der Waals surface area contributed by atoms with Gasteiger partial charge in [0.05, 0.1) is 25.4 Å². The lowest BCUT2D eigenvalue weighted by Crippen LogP contribution is -2.49. The molecule has 0 bridgehead atoms. The molecule has 2 rings (SSSR count). The molecule has 1 heterocycles. The number of halogens is 1. The van der Waals surface area contributed by atoms with Crippen molar-refractivity contribution in [3.63, 3.8) is 0 Å². The number of ether oxygens (including phenoxy) is 1. The zero-order valence-corrected chi connectivity index (χ0v) is 11.1. The monoisotopic (exact) mass is 268 g/mol. The summed E-state index contributed by atoms with van der Waals surface area (Å²) in [7, 11) is 0. The topological polar surface area (TPSA) is 58.7 Å². The molecule has 0 radical (unpaired) electrons. The Hall–Kier alpha value is -1.01. The van der Waals surface area contributed by atoms with Gasteiger partial charge in [0.25, 0.3) is 0 Å². The lowest BCUT2D eigenvalue weighted by Gasteiger charge is -2.39. The average molecular weight is 268 g/mol. The summed E-state index contributed by atoms with van der Waals surface area (Å²) in [6.07, 6.45) is -0.221. The third-order valence-electron chi connectivity index (χ3n) is 3.49. The molecule has 0 amide bonds. The molecule has 3 atom stereocenters. The first-order valence-corrected chi connectivity index (χ1v) is 6.60. The Bertz CT molecular complexity index is 414. The molecule has 5 heteroatoms. The number of aliphatic hydroxyl groups is 1. The third-order valence-corrected chi connectivity index (χ3v) is 3.49. The molecule has 106 valence electrons. The quantitative estimate of drug-likeness (QED) is 0.852. The molecule has 4 nitrogen and oxygen atoms in total. The first-order chi connectivity index (χ1) is 9.13. The van der Waals surface area contributed by atoms with Crippen LogP contribution >= 0.6 is 0 Å². The Kier molecular flexibility index (Phi) is 4.87. The Morgan fingerprint density at radius 2 is 2.26 bits per heavy atom. The molecule has 1 aromatic rings. The Morgan fingerprint density at radius 1 is 1.53 bits per heavy atom. The van der Waals surface area contributed by atoms with Gasteiger partial charge in [0.2, 0.25) is 0 Å². The largest absolute Gasteiger partial charge is 0.394 e. The molecule has 1 saturated heterocycles. The van der Waals surface area contributed by atoms with Crippen LogP contribution in [0.3, 0.4) is 0 Å². The molecule has 0 aliphatic carbocycles. The van der Waals surface area contributed by atoms with E-state index in [4.69, 9.17) is 10.5 Å². The predicted molar refractivity (Wildman–Crippen MR) is 71.2 cm³/mol. The van der Waals surface area contributed by atoms with E-state index < -0.39 is 0 Å². The summed E-state index contributed by atoms with van der Waals surface area (Å²) in [5.41, 5.74) is 6.65. The van der Waals surface area contributed by atoms with E-state index in [-0.39, 0.29) is 30.6 Å². The maximum Gasteiger partial charge on any atom is 0.128 e. The van der Waals surface area contributed by atoms with Crippen molar-refractivity contribution >= 4 is 0 Å². The van der Waals surface area contributed by atoms with Crippen LogP contribution in [0.5, 0.6) is 0 Å². The highest BCUT2D eigenvalue weighted by Crippen LogP contribution is 2.27. The van der Waals surface area contributed by atoms with E-state index in [1.54, 1.807) is 12.1 Å². The fourth-order valence-corrected chi connectivity index (χ4v) is 2.63. The second-order valence-electron chi connectivity index (χ2n) is 5.00. The minimum Gasteiger partial charge on any atom is -0.394 e. The number of benzene rings is 1. The van der Waals surface area contributed by atoms with Crippen molar-refractivity contribution in [1.82, 2.24) is 4.90 Å². The highest BCUT2D eigenvalue weighted by atomic mass is 19.1. The summed E-state index contributed by atoms with van der Waals surface area (Å²) in [6.45, 7) is 3.64. The third kappa shape index (κ3) is 3.30. The van der Waals surface area contributed by atoms with Crippen LogP contribution in [0.15, 0.2) is 24.3 Å². The van der Waals surface area contributed by atoms with Gasteiger partial charge in [-0.2, -0.15) is 0 Å². The molecular formula is C14H21FN2O2. The van der Waals surface area contributed by atoms with Gasteiger partial charge < -0.3 is 15.6 Å². The van der Waals surface area contributed by atoms with Crippen molar-refractivity contribution < 1.29 is 14.2 Å². The van der Waals surface area contributed by atoms with Crippen molar-refractivity contribution in [3.05, 3.63) is 35.6 Å².